The average molecular weight is 437 g/mol. The highest BCUT2D eigenvalue weighted by molar-refractivity contribution is 5.95. The molecule has 0 saturated carbocycles. The van der Waals surface area contributed by atoms with Crippen LogP contribution < -0.4 is 5.32 Å². The maximum Gasteiger partial charge on any atom is 0.352 e. The molecule has 0 amide bonds. The van der Waals surface area contributed by atoms with Gasteiger partial charge < -0.3 is 19.3 Å². The minimum absolute atomic E-state index is 0.0787. The number of hydrogen-bond donors (Lipinski definition) is 2. The highest BCUT2D eigenvalue weighted by Gasteiger charge is 2.17. The molecule has 162 valence electrons. The van der Waals surface area contributed by atoms with E-state index in [-0.39, 0.29) is 5.70 Å². The van der Waals surface area contributed by atoms with Crippen LogP contribution in [0, 0.1) is 0 Å². The molecule has 0 atom stereocenters. The molecule has 0 bridgehead atoms. The van der Waals surface area contributed by atoms with Gasteiger partial charge in [-0.2, -0.15) is 0 Å². The van der Waals surface area contributed by atoms with Gasteiger partial charge in [0.05, 0.1) is 18.2 Å². The van der Waals surface area contributed by atoms with Crippen LogP contribution in [0.5, 0.6) is 0 Å². The maximum absolute atomic E-state index is 11.9. The maximum atomic E-state index is 11.9. The monoisotopic (exact) mass is 437 g/mol. The number of furan rings is 2. The second-order valence-electron chi connectivity index (χ2n) is 7.36. The van der Waals surface area contributed by atoms with Crippen molar-refractivity contribution in [2.24, 2.45) is 0 Å². The summed E-state index contributed by atoms with van der Waals surface area (Å²) in [6.45, 7) is 0. The number of carboxylic acid groups (broad SMARTS) is 1. The van der Waals surface area contributed by atoms with Gasteiger partial charge in [-0.3, -0.25) is 0 Å². The van der Waals surface area contributed by atoms with Gasteiger partial charge in [0.2, 0.25) is 0 Å². The van der Waals surface area contributed by atoms with Crippen molar-refractivity contribution in [3.63, 3.8) is 0 Å². The predicted molar refractivity (Wildman–Crippen MR) is 124 cm³/mol. The number of nitrogens with one attached hydrogen (secondary N) is 1. The summed E-state index contributed by atoms with van der Waals surface area (Å²) in [6, 6.07) is 22.8. The van der Waals surface area contributed by atoms with Crippen LogP contribution >= 0.6 is 0 Å². The van der Waals surface area contributed by atoms with Gasteiger partial charge in [-0.25, -0.2) is 14.8 Å². The van der Waals surface area contributed by atoms with E-state index >= 15 is 0 Å². The Labute approximate surface area is 189 Å². The van der Waals surface area contributed by atoms with Gasteiger partial charge in [0.1, 0.15) is 22.7 Å². The van der Waals surface area contributed by atoms with Crippen molar-refractivity contribution in [1.29, 1.82) is 0 Å². The standard InChI is InChI=1S/C26H19N3O4/c30-26(31)21(15-19-10-6-12-32-19)29-25-20(13-17-7-2-1-3-8-17)28-22(16-27-25)24-14-18-9-4-5-11-23(18)33-24/h1-12,14-16H,13H2,(H,27,29)(H,30,31). The molecule has 7 heteroatoms. The predicted octanol–water partition coefficient (Wildman–Crippen LogP) is 5.61. The highest BCUT2D eigenvalue weighted by Crippen LogP contribution is 2.28. The van der Waals surface area contributed by atoms with Crippen molar-refractivity contribution in [3.8, 4) is 11.5 Å². The van der Waals surface area contributed by atoms with Crippen molar-refractivity contribution < 1.29 is 18.7 Å². The largest absolute Gasteiger partial charge is 0.477 e. The fraction of sp³-hybridized carbons (Fsp3) is 0.0385. The number of anilines is 1. The van der Waals surface area contributed by atoms with Crippen molar-refractivity contribution in [2.75, 3.05) is 5.32 Å². The number of para-hydroxylation sites is 1. The Bertz CT molecular complexity index is 1400. The molecule has 2 aromatic carbocycles. The van der Waals surface area contributed by atoms with Crippen LogP contribution in [0.3, 0.4) is 0 Å². The second kappa shape index (κ2) is 8.84. The van der Waals surface area contributed by atoms with E-state index in [1.54, 1.807) is 18.3 Å². The molecule has 0 aliphatic rings. The summed E-state index contributed by atoms with van der Waals surface area (Å²) in [5.41, 5.74) is 2.85. The van der Waals surface area contributed by atoms with Crippen molar-refractivity contribution in [2.45, 2.75) is 6.42 Å². The van der Waals surface area contributed by atoms with Crippen LogP contribution in [-0.4, -0.2) is 21.0 Å². The Kier molecular flexibility index (Phi) is 5.43. The smallest absolute Gasteiger partial charge is 0.352 e. The topological polar surface area (TPSA) is 101 Å². The van der Waals surface area contributed by atoms with E-state index in [1.165, 1.54) is 12.3 Å². The third-order valence-corrected chi connectivity index (χ3v) is 5.05. The molecule has 0 aliphatic carbocycles. The van der Waals surface area contributed by atoms with Gasteiger partial charge in [0.25, 0.3) is 0 Å². The summed E-state index contributed by atoms with van der Waals surface area (Å²) in [5, 5.41) is 13.6. The molecule has 0 aliphatic heterocycles. The third-order valence-electron chi connectivity index (χ3n) is 5.05. The number of benzene rings is 2. The number of carboxylic acids is 1. The molecule has 0 saturated heterocycles. The first-order chi connectivity index (χ1) is 16.2. The van der Waals surface area contributed by atoms with Gasteiger partial charge in [-0.05, 0) is 29.8 Å². The number of carbonyl (C=O) groups is 1. The molecule has 7 nitrogen and oxygen atoms in total. The van der Waals surface area contributed by atoms with Gasteiger partial charge in [0, 0.05) is 17.9 Å². The Morgan fingerprint density at radius 2 is 1.85 bits per heavy atom. The number of aromatic nitrogens is 2. The number of hydrogen-bond acceptors (Lipinski definition) is 6. The van der Waals surface area contributed by atoms with E-state index in [4.69, 9.17) is 13.8 Å². The zero-order valence-corrected chi connectivity index (χ0v) is 17.4. The highest BCUT2D eigenvalue weighted by atomic mass is 16.4. The summed E-state index contributed by atoms with van der Waals surface area (Å²) in [5.74, 6) is 0.213. The molecule has 33 heavy (non-hydrogen) atoms. The van der Waals surface area contributed by atoms with E-state index in [0.717, 1.165) is 16.5 Å². The van der Waals surface area contributed by atoms with Crippen LogP contribution in [0.2, 0.25) is 0 Å². The Morgan fingerprint density at radius 1 is 1.03 bits per heavy atom. The molecule has 5 aromatic rings. The summed E-state index contributed by atoms with van der Waals surface area (Å²) in [7, 11) is 0. The van der Waals surface area contributed by atoms with Crippen LogP contribution in [0.25, 0.3) is 28.5 Å². The van der Waals surface area contributed by atoms with Crippen LogP contribution in [0.1, 0.15) is 17.0 Å². The molecule has 3 aromatic heterocycles. The minimum atomic E-state index is -1.14. The first kappa shape index (κ1) is 20.3. The van der Waals surface area contributed by atoms with E-state index in [0.29, 0.717) is 35.1 Å². The lowest BCUT2D eigenvalue weighted by Crippen LogP contribution is -2.14. The fourth-order valence-electron chi connectivity index (χ4n) is 3.47. The molecular weight excluding hydrogens is 418 g/mol. The molecule has 0 fully saturated rings. The summed E-state index contributed by atoms with van der Waals surface area (Å²) in [4.78, 5) is 21.1. The number of aliphatic carboxylic acids is 1. The van der Waals surface area contributed by atoms with Crippen LogP contribution in [0.15, 0.2) is 99.8 Å². The minimum Gasteiger partial charge on any atom is -0.477 e. The summed E-state index contributed by atoms with van der Waals surface area (Å²) < 4.78 is 11.2. The zero-order valence-electron chi connectivity index (χ0n) is 17.4. The first-order valence-electron chi connectivity index (χ1n) is 10.3. The summed E-state index contributed by atoms with van der Waals surface area (Å²) in [6.07, 6.45) is 4.91. The lowest BCUT2D eigenvalue weighted by Gasteiger charge is -2.12. The normalized spacial score (nSPS) is 11.6. The van der Waals surface area contributed by atoms with E-state index in [9.17, 15) is 9.90 Å². The molecule has 2 N–H and O–H groups in total. The molecular formula is C26H19N3O4. The SMILES string of the molecule is O=C(O)C(=Cc1ccco1)Nc1ncc(-c2cc3ccccc3o2)nc1Cc1ccccc1. The number of nitrogens with zero attached hydrogens (tertiary/aromatic N) is 2. The van der Waals surface area contributed by atoms with Gasteiger partial charge in [-0.1, -0.05) is 48.5 Å². The van der Waals surface area contributed by atoms with Crippen molar-refractivity contribution >= 4 is 28.8 Å². The molecule has 5 rings (SSSR count). The number of rotatable bonds is 7. The molecule has 0 radical (unpaired) electrons. The first-order valence-corrected chi connectivity index (χ1v) is 10.3. The summed E-state index contributed by atoms with van der Waals surface area (Å²) >= 11 is 0. The average Bonchev–Trinajstić information content (AvgIpc) is 3.50. The quantitative estimate of drug-likeness (QED) is 0.319. The van der Waals surface area contributed by atoms with Gasteiger partial charge in [-0.15, -0.1) is 0 Å². The van der Waals surface area contributed by atoms with Crippen molar-refractivity contribution in [1.82, 2.24) is 9.97 Å². The van der Waals surface area contributed by atoms with Crippen LogP contribution in [-0.2, 0) is 11.2 Å². The fourth-order valence-corrected chi connectivity index (χ4v) is 3.47. The van der Waals surface area contributed by atoms with Crippen molar-refractivity contribution in [3.05, 3.63) is 108 Å². The second-order valence-corrected chi connectivity index (χ2v) is 7.36. The lowest BCUT2D eigenvalue weighted by molar-refractivity contribution is -0.132. The van der Waals surface area contributed by atoms with E-state index in [2.05, 4.69) is 10.3 Å². The third kappa shape index (κ3) is 4.52. The van der Waals surface area contributed by atoms with E-state index in [1.807, 2.05) is 60.7 Å². The zero-order chi connectivity index (χ0) is 22.6. The molecule has 0 spiro atoms. The van der Waals surface area contributed by atoms with Gasteiger partial charge >= 0.3 is 5.97 Å². The van der Waals surface area contributed by atoms with Crippen LogP contribution in [0.4, 0.5) is 5.82 Å². The number of fused-ring (bicyclic) bond motifs is 1. The lowest BCUT2D eigenvalue weighted by atomic mass is 10.1. The van der Waals surface area contributed by atoms with Gasteiger partial charge in [0.15, 0.2) is 11.6 Å². The Balaban J connectivity index is 1.55. The van der Waals surface area contributed by atoms with E-state index < -0.39 is 5.97 Å². The molecule has 3 heterocycles. The Hall–Kier alpha value is -4.65. The Morgan fingerprint density at radius 3 is 2.61 bits per heavy atom. The molecule has 0 unspecified atom stereocenters.